The van der Waals surface area contributed by atoms with Crippen LogP contribution in [0.5, 0.6) is 0 Å². The second kappa shape index (κ2) is 9.20. The van der Waals surface area contributed by atoms with E-state index in [1.165, 1.54) is 18.7 Å². The van der Waals surface area contributed by atoms with Crippen molar-refractivity contribution in [2.24, 2.45) is 5.73 Å². The van der Waals surface area contributed by atoms with Crippen molar-refractivity contribution in [2.75, 3.05) is 11.5 Å². The highest BCUT2D eigenvalue weighted by atomic mass is 32.2. The fourth-order valence-electron chi connectivity index (χ4n) is 1.17. The molecule has 0 aliphatic carbocycles. The first-order valence-corrected chi connectivity index (χ1v) is 6.65. The highest BCUT2D eigenvalue weighted by Gasteiger charge is 2.17. The molecule has 0 aliphatic rings. The molecule has 0 saturated heterocycles. The van der Waals surface area contributed by atoms with Gasteiger partial charge in [0.15, 0.2) is 0 Å². The molecule has 19 heavy (non-hydrogen) atoms. The molecule has 0 spiro atoms. The standard InChI is InChI=1S/C10H17N3O5S/c1-6(14)12-7(9(16)17)2-4-19-5-3-8(15)13-10(11)18/h7H,2-5H2,1H3,(H,12,14)(H,16,17)(H3,11,13,15,18). The van der Waals surface area contributed by atoms with Crippen LogP contribution in [0, 0.1) is 0 Å². The Bertz CT molecular complexity index is 361. The fraction of sp³-hybridized carbons (Fsp3) is 0.600. The normalized spacial score (nSPS) is 11.4. The van der Waals surface area contributed by atoms with Gasteiger partial charge in [-0.1, -0.05) is 0 Å². The number of carboxylic acid groups (broad SMARTS) is 1. The largest absolute Gasteiger partial charge is 0.480 e. The van der Waals surface area contributed by atoms with Crippen molar-refractivity contribution in [3.8, 4) is 0 Å². The number of carboxylic acids is 1. The molecule has 1 atom stereocenters. The zero-order chi connectivity index (χ0) is 14.8. The Morgan fingerprint density at radius 1 is 1.26 bits per heavy atom. The van der Waals surface area contributed by atoms with Gasteiger partial charge in [-0.05, 0) is 12.2 Å². The molecule has 0 aromatic carbocycles. The number of carbonyl (C=O) groups is 4. The van der Waals surface area contributed by atoms with Gasteiger partial charge in [0.1, 0.15) is 6.04 Å². The number of nitrogens with one attached hydrogen (secondary N) is 2. The van der Waals surface area contributed by atoms with Crippen molar-refractivity contribution in [1.82, 2.24) is 10.6 Å². The molecule has 1 unspecified atom stereocenters. The highest BCUT2D eigenvalue weighted by Crippen LogP contribution is 2.07. The molecule has 108 valence electrons. The van der Waals surface area contributed by atoms with Crippen LogP contribution >= 0.6 is 11.8 Å². The lowest BCUT2D eigenvalue weighted by molar-refractivity contribution is -0.141. The fourth-order valence-corrected chi connectivity index (χ4v) is 2.11. The van der Waals surface area contributed by atoms with E-state index in [2.05, 4.69) is 5.32 Å². The summed E-state index contributed by atoms with van der Waals surface area (Å²) in [6.45, 7) is 1.25. The van der Waals surface area contributed by atoms with Crippen molar-refractivity contribution in [3.63, 3.8) is 0 Å². The lowest BCUT2D eigenvalue weighted by atomic mass is 10.2. The number of nitrogens with two attached hydrogens (primary N) is 1. The molecule has 8 nitrogen and oxygen atoms in total. The number of thioether (sulfide) groups is 1. The number of primary amides is 1. The van der Waals surface area contributed by atoms with Crippen molar-refractivity contribution in [2.45, 2.75) is 25.8 Å². The maximum atomic E-state index is 11.0. The third-order valence-corrected chi connectivity index (χ3v) is 2.98. The molecule has 0 aromatic heterocycles. The van der Waals surface area contributed by atoms with Crippen LogP contribution in [0.4, 0.5) is 4.79 Å². The monoisotopic (exact) mass is 291 g/mol. The van der Waals surface area contributed by atoms with Gasteiger partial charge in [0.25, 0.3) is 0 Å². The van der Waals surface area contributed by atoms with E-state index in [0.29, 0.717) is 11.5 Å². The smallest absolute Gasteiger partial charge is 0.326 e. The number of aliphatic carboxylic acids is 1. The van der Waals surface area contributed by atoms with E-state index in [9.17, 15) is 19.2 Å². The average Bonchev–Trinajstić information content (AvgIpc) is 2.25. The predicted octanol–water partition coefficient (Wildman–Crippen LogP) is -0.716. The molecule has 0 aliphatic heterocycles. The summed E-state index contributed by atoms with van der Waals surface area (Å²) in [5.74, 6) is -1.07. The Hall–Kier alpha value is -1.77. The Morgan fingerprint density at radius 3 is 2.37 bits per heavy atom. The van der Waals surface area contributed by atoms with Gasteiger partial charge in [-0.3, -0.25) is 14.9 Å². The number of imide groups is 1. The van der Waals surface area contributed by atoms with Crippen LogP contribution in [-0.4, -0.2) is 46.5 Å². The summed E-state index contributed by atoms with van der Waals surface area (Å²) in [6, 6.07) is -1.82. The molecule has 0 aromatic rings. The molecule has 0 bridgehead atoms. The zero-order valence-electron chi connectivity index (χ0n) is 10.5. The molecule has 0 heterocycles. The number of hydrogen-bond donors (Lipinski definition) is 4. The van der Waals surface area contributed by atoms with Gasteiger partial charge >= 0.3 is 12.0 Å². The first-order chi connectivity index (χ1) is 8.82. The highest BCUT2D eigenvalue weighted by molar-refractivity contribution is 7.99. The average molecular weight is 291 g/mol. The molecule has 9 heteroatoms. The molecule has 5 N–H and O–H groups in total. The summed E-state index contributed by atoms with van der Waals surface area (Å²) >= 11 is 1.35. The summed E-state index contributed by atoms with van der Waals surface area (Å²) in [5, 5.41) is 13.1. The third-order valence-electron chi connectivity index (χ3n) is 1.96. The minimum Gasteiger partial charge on any atom is -0.480 e. The van der Waals surface area contributed by atoms with Gasteiger partial charge in [0.05, 0.1) is 0 Å². The molecule has 0 fully saturated rings. The topological polar surface area (TPSA) is 139 Å². The second-order valence-electron chi connectivity index (χ2n) is 3.65. The molecule has 0 radical (unpaired) electrons. The van der Waals surface area contributed by atoms with Crippen molar-refractivity contribution >= 4 is 35.6 Å². The van der Waals surface area contributed by atoms with Crippen LogP contribution in [0.15, 0.2) is 0 Å². The van der Waals surface area contributed by atoms with Gasteiger partial charge < -0.3 is 16.2 Å². The lowest BCUT2D eigenvalue weighted by Crippen LogP contribution is -2.40. The van der Waals surface area contributed by atoms with E-state index < -0.39 is 29.9 Å². The maximum Gasteiger partial charge on any atom is 0.326 e. The Morgan fingerprint density at radius 2 is 1.89 bits per heavy atom. The molecular weight excluding hydrogens is 274 g/mol. The van der Waals surface area contributed by atoms with Gasteiger partial charge in [-0.25, -0.2) is 9.59 Å². The summed E-state index contributed by atoms with van der Waals surface area (Å²) in [4.78, 5) is 42.9. The third kappa shape index (κ3) is 9.89. The first kappa shape index (κ1) is 17.2. The van der Waals surface area contributed by atoms with Crippen LogP contribution in [0.25, 0.3) is 0 Å². The lowest BCUT2D eigenvalue weighted by Gasteiger charge is -2.12. The van der Waals surface area contributed by atoms with Crippen LogP contribution in [0.3, 0.4) is 0 Å². The quantitative estimate of drug-likeness (QED) is 0.435. The molecule has 0 rings (SSSR count). The molecular formula is C10H17N3O5S. The van der Waals surface area contributed by atoms with Crippen molar-refractivity contribution < 1.29 is 24.3 Å². The van der Waals surface area contributed by atoms with Gasteiger partial charge in [-0.2, -0.15) is 11.8 Å². The van der Waals surface area contributed by atoms with Crippen LogP contribution in [0.1, 0.15) is 19.8 Å². The Labute approximate surface area is 114 Å². The van der Waals surface area contributed by atoms with Crippen molar-refractivity contribution in [3.05, 3.63) is 0 Å². The minimum absolute atomic E-state index is 0.117. The van der Waals surface area contributed by atoms with E-state index in [0.717, 1.165) is 0 Å². The second-order valence-corrected chi connectivity index (χ2v) is 4.88. The summed E-state index contributed by atoms with van der Waals surface area (Å²) < 4.78 is 0. The zero-order valence-corrected chi connectivity index (χ0v) is 11.3. The SMILES string of the molecule is CC(=O)NC(CCSCCC(=O)NC(N)=O)C(=O)O. The van der Waals surface area contributed by atoms with E-state index in [-0.39, 0.29) is 12.8 Å². The number of carbonyl (C=O) groups excluding carboxylic acids is 3. The number of hydrogen-bond acceptors (Lipinski definition) is 5. The van der Waals surface area contributed by atoms with Crippen LogP contribution < -0.4 is 16.4 Å². The van der Waals surface area contributed by atoms with E-state index in [1.54, 1.807) is 0 Å². The number of urea groups is 1. The predicted molar refractivity (Wildman–Crippen MR) is 69.5 cm³/mol. The first-order valence-electron chi connectivity index (χ1n) is 5.50. The van der Waals surface area contributed by atoms with E-state index in [4.69, 9.17) is 10.8 Å². The minimum atomic E-state index is -1.10. The summed E-state index contributed by atoms with van der Waals surface area (Å²) in [7, 11) is 0. The van der Waals surface area contributed by atoms with E-state index >= 15 is 0 Å². The molecule has 4 amide bonds. The maximum absolute atomic E-state index is 11.0. The Kier molecular flexibility index (Phi) is 8.34. The number of rotatable bonds is 8. The van der Waals surface area contributed by atoms with E-state index in [1.807, 2.05) is 5.32 Å². The van der Waals surface area contributed by atoms with Crippen molar-refractivity contribution in [1.29, 1.82) is 0 Å². The Balaban J connectivity index is 3.77. The summed E-state index contributed by atoms with van der Waals surface area (Å²) in [5.41, 5.74) is 4.76. The summed E-state index contributed by atoms with van der Waals surface area (Å²) in [6.07, 6.45) is 0.377. The van der Waals surface area contributed by atoms with Crippen LogP contribution in [-0.2, 0) is 14.4 Å². The molecule has 0 saturated carbocycles. The van der Waals surface area contributed by atoms with Gasteiger partial charge in [0, 0.05) is 19.1 Å². The van der Waals surface area contributed by atoms with Gasteiger partial charge in [0.2, 0.25) is 11.8 Å². The van der Waals surface area contributed by atoms with Crippen LogP contribution in [0.2, 0.25) is 0 Å². The van der Waals surface area contributed by atoms with Gasteiger partial charge in [-0.15, -0.1) is 0 Å². The number of amides is 4.